The largest absolute Gasteiger partial charge is 0.441 e. The van der Waals surface area contributed by atoms with Crippen LogP contribution >= 0.6 is 0 Å². The third-order valence-corrected chi connectivity index (χ3v) is 6.48. The number of morpholine rings is 1. The van der Waals surface area contributed by atoms with Crippen LogP contribution in [0.15, 0.2) is 0 Å². The molecule has 1 atom stereocenters. The molecule has 0 unspecified atom stereocenters. The second-order valence-electron chi connectivity index (χ2n) is 9.00. The van der Waals surface area contributed by atoms with E-state index in [4.69, 9.17) is 9.47 Å². The lowest BCUT2D eigenvalue weighted by Crippen LogP contribution is -2.57. The number of amides is 1. The van der Waals surface area contributed by atoms with Crippen LogP contribution in [0.1, 0.15) is 53.4 Å². The van der Waals surface area contributed by atoms with Crippen LogP contribution in [-0.2, 0) is 9.47 Å². The molecule has 150 valence electrons. The Kier molecular flexibility index (Phi) is 6.14. The summed E-state index contributed by atoms with van der Waals surface area (Å²) >= 11 is 0. The summed E-state index contributed by atoms with van der Waals surface area (Å²) in [5, 5.41) is 0. The van der Waals surface area contributed by atoms with Crippen molar-refractivity contribution < 1.29 is 14.3 Å². The van der Waals surface area contributed by atoms with Crippen molar-refractivity contribution in [3.63, 3.8) is 0 Å². The molecule has 0 radical (unpaired) electrons. The number of ether oxygens (including phenoxy) is 2. The summed E-state index contributed by atoms with van der Waals surface area (Å²) in [6.07, 6.45) is 3.95. The standard InChI is InChI=1S/C20H37N3O3/c1-5-6-17(2)23-16-20(26-18(23)24)7-9-21(10-8-20)15-19(3,4)22-11-13-25-14-12-22/h17H,5-16H2,1-4H3/t17-/m1/s1. The molecule has 3 rings (SSSR count). The van der Waals surface area contributed by atoms with Gasteiger partial charge in [-0.1, -0.05) is 13.3 Å². The van der Waals surface area contributed by atoms with Crippen LogP contribution < -0.4 is 0 Å². The highest BCUT2D eigenvalue weighted by atomic mass is 16.6. The summed E-state index contributed by atoms with van der Waals surface area (Å²) in [5.74, 6) is 0. The van der Waals surface area contributed by atoms with Crippen LogP contribution in [0.3, 0.4) is 0 Å². The Bertz CT molecular complexity index is 483. The van der Waals surface area contributed by atoms with Gasteiger partial charge in [0.05, 0.1) is 19.8 Å². The number of carbonyl (C=O) groups is 1. The summed E-state index contributed by atoms with van der Waals surface area (Å²) in [7, 11) is 0. The van der Waals surface area contributed by atoms with Crippen LogP contribution in [0.4, 0.5) is 4.79 Å². The van der Waals surface area contributed by atoms with Gasteiger partial charge in [0.2, 0.25) is 0 Å². The third kappa shape index (κ3) is 4.34. The number of hydrogen-bond donors (Lipinski definition) is 0. The fourth-order valence-corrected chi connectivity index (χ4v) is 4.76. The number of carbonyl (C=O) groups excluding carboxylic acids is 1. The number of rotatable bonds is 6. The molecule has 3 aliphatic rings. The van der Waals surface area contributed by atoms with Gasteiger partial charge >= 0.3 is 6.09 Å². The number of likely N-dealkylation sites (tertiary alicyclic amines) is 1. The van der Waals surface area contributed by atoms with Gasteiger partial charge in [-0.05, 0) is 27.2 Å². The average molecular weight is 368 g/mol. The molecule has 1 amide bonds. The number of hydrogen-bond acceptors (Lipinski definition) is 5. The zero-order chi connectivity index (χ0) is 18.8. The Hall–Kier alpha value is -0.850. The van der Waals surface area contributed by atoms with E-state index in [0.29, 0.717) is 0 Å². The van der Waals surface area contributed by atoms with Gasteiger partial charge in [0.1, 0.15) is 5.60 Å². The molecule has 3 saturated heterocycles. The lowest BCUT2D eigenvalue weighted by Gasteiger charge is -2.46. The highest BCUT2D eigenvalue weighted by molar-refractivity contribution is 5.71. The van der Waals surface area contributed by atoms with Gasteiger partial charge in [0.25, 0.3) is 0 Å². The van der Waals surface area contributed by atoms with Gasteiger partial charge < -0.3 is 19.3 Å². The maximum Gasteiger partial charge on any atom is 0.410 e. The van der Waals surface area contributed by atoms with E-state index in [1.54, 1.807) is 0 Å². The van der Waals surface area contributed by atoms with Crippen molar-refractivity contribution in [1.82, 2.24) is 14.7 Å². The molecule has 0 aromatic heterocycles. The molecule has 0 bridgehead atoms. The van der Waals surface area contributed by atoms with Crippen molar-refractivity contribution in [2.24, 2.45) is 0 Å². The number of piperidine rings is 1. The van der Waals surface area contributed by atoms with E-state index in [-0.39, 0.29) is 23.3 Å². The molecule has 0 aromatic rings. The van der Waals surface area contributed by atoms with E-state index in [1.807, 2.05) is 4.90 Å². The maximum atomic E-state index is 12.4. The Labute approximate surface area is 158 Å². The molecule has 0 aromatic carbocycles. The molecule has 0 saturated carbocycles. The zero-order valence-electron chi connectivity index (χ0n) is 17.1. The molecule has 3 fully saturated rings. The van der Waals surface area contributed by atoms with Crippen molar-refractivity contribution in [3.05, 3.63) is 0 Å². The molecular weight excluding hydrogens is 330 g/mol. The molecule has 3 aliphatic heterocycles. The Morgan fingerprint density at radius 2 is 1.81 bits per heavy atom. The Morgan fingerprint density at radius 3 is 2.42 bits per heavy atom. The van der Waals surface area contributed by atoms with Crippen LogP contribution in [0.2, 0.25) is 0 Å². The monoisotopic (exact) mass is 367 g/mol. The minimum Gasteiger partial charge on any atom is -0.441 e. The summed E-state index contributed by atoms with van der Waals surface area (Å²) < 4.78 is 11.4. The SMILES string of the molecule is CCC[C@@H](C)N1CC2(CCN(CC(C)(C)N3CCOCC3)CC2)OC1=O. The average Bonchev–Trinajstić information content (AvgIpc) is 2.94. The minimum atomic E-state index is -0.251. The van der Waals surface area contributed by atoms with Gasteiger partial charge in [0.15, 0.2) is 0 Å². The Morgan fingerprint density at radius 1 is 1.15 bits per heavy atom. The van der Waals surface area contributed by atoms with E-state index in [0.717, 1.165) is 78.2 Å². The quantitative estimate of drug-likeness (QED) is 0.722. The first-order valence-electron chi connectivity index (χ1n) is 10.4. The van der Waals surface area contributed by atoms with Gasteiger partial charge in [-0.2, -0.15) is 0 Å². The van der Waals surface area contributed by atoms with Crippen molar-refractivity contribution >= 4 is 6.09 Å². The predicted octanol–water partition coefficient (Wildman–Crippen LogP) is 2.57. The van der Waals surface area contributed by atoms with Crippen molar-refractivity contribution in [3.8, 4) is 0 Å². The smallest absolute Gasteiger partial charge is 0.410 e. The van der Waals surface area contributed by atoms with Crippen molar-refractivity contribution in [2.45, 2.75) is 70.6 Å². The normalized spacial score (nSPS) is 26.3. The van der Waals surface area contributed by atoms with E-state index >= 15 is 0 Å². The highest BCUT2D eigenvalue weighted by Gasteiger charge is 2.48. The lowest BCUT2D eigenvalue weighted by atomic mass is 9.89. The third-order valence-electron chi connectivity index (χ3n) is 6.48. The zero-order valence-corrected chi connectivity index (χ0v) is 17.1. The highest BCUT2D eigenvalue weighted by Crippen LogP contribution is 2.35. The molecule has 3 heterocycles. The Balaban J connectivity index is 1.52. The minimum absolute atomic E-state index is 0.104. The molecule has 0 aliphatic carbocycles. The van der Waals surface area contributed by atoms with Gasteiger partial charge in [-0.15, -0.1) is 0 Å². The summed E-state index contributed by atoms with van der Waals surface area (Å²) in [6, 6.07) is 0.283. The second kappa shape index (κ2) is 8.03. The molecular formula is C20H37N3O3. The lowest BCUT2D eigenvalue weighted by molar-refractivity contribution is -0.0399. The molecule has 6 heteroatoms. The van der Waals surface area contributed by atoms with Crippen molar-refractivity contribution in [2.75, 3.05) is 52.5 Å². The molecule has 1 spiro atoms. The van der Waals surface area contributed by atoms with Gasteiger partial charge in [-0.3, -0.25) is 4.90 Å². The van der Waals surface area contributed by atoms with Gasteiger partial charge in [0, 0.05) is 57.1 Å². The fourth-order valence-electron chi connectivity index (χ4n) is 4.76. The first-order chi connectivity index (χ1) is 12.4. The van der Waals surface area contributed by atoms with Crippen LogP contribution in [0.25, 0.3) is 0 Å². The van der Waals surface area contributed by atoms with Crippen molar-refractivity contribution in [1.29, 1.82) is 0 Å². The molecule has 26 heavy (non-hydrogen) atoms. The number of nitrogens with zero attached hydrogens (tertiary/aromatic N) is 3. The van der Waals surface area contributed by atoms with E-state index < -0.39 is 0 Å². The van der Waals surface area contributed by atoms with Crippen LogP contribution in [0.5, 0.6) is 0 Å². The molecule has 6 nitrogen and oxygen atoms in total. The second-order valence-corrected chi connectivity index (χ2v) is 9.00. The maximum absolute atomic E-state index is 12.4. The predicted molar refractivity (Wildman–Crippen MR) is 102 cm³/mol. The van der Waals surface area contributed by atoms with Gasteiger partial charge in [-0.25, -0.2) is 4.79 Å². The summed E-state index contributed by atoms with van der Waals surface area (Å²) in [6.45, 7) is 16.6. The topological polar surface area (TPSA) is 45.2 Å². The first-order valence-corrected chi connectivity index (χ1v) is 10.4. The van der Waals surface area contributed by atoms with Crippen LogP contribution in [-0.4, -0.2) is 90.5 Å². The fraction of sp³-hybridized carbons (Fsp3) is 0.950. The van der Waals surface area contributed by atoms with E-state index in [9.17, 15) is 4.79 Å². The summed E-state index contributed by atoms with van der Waals surface area (Å²) in [4.78, 5) is 19.4. The summed E-state index contributed by atoms with van der Waals surface area (Å²) in [5.41, 5.74) is -0.0962. The first kappa shape index (κ1) is 19.9. The van der Waals surface area contributed by atoms with Crippen LogP contribution in [0, 0.1) is 0 Å². The van der Waals surface area contributed by atoms with E-state index in [2.05, 4.69) is 37.5 Å². The van der Waals surface area contributed by atoms with E-state index in [1.165, 1.54) is 0 Å². The molecule has 0 N–H and O–H groups in total.